The van der Waals surface area contributed by atoms with Crippen LogP contribution < -0.4 is 0 Å². The molecule has 0 radical (unpaired) electrons. The lowest BCUT2D eigenvalue weighted by Gasteiger charge is -2.23. The van der Waals surface area contributed by atoms with Gasteiger partial charge in [-0.3, -0.25) is 0 Å². The quantitative estimate of drug-likeness (QED) is 0.159. The predicted octanol–water partition coefficient (Wildman–Crippen LogP) is 18.9. The Bertz CT molecular complexity index is 4990. The largest absolute Gasteiger partial charge is 0.309 e. The van der Waals surface area contributed by atoms with Crippen molar-refractivity contribution >= 4 is 43.6 Å². The van der Waals surface area contributed by atoms with E-state index in [1.54, 1.807) is 0 Å². The van der Waals surface area contributed by atoms with Gasteiger partial charge in [0.1, 0.15) is 0 Å². The summed E-state index contributed by atoms with van der Waals surface area (Å²) in [6.07, 6.45) is 0. The first kappa shape index (κ1) is 47.5. The highest BCUT2D eigenvalue weighted by Gasteiger charge is 2.40. The van der Waals surface area contributed by atoms with E-state index >= 15 is 0 Å². The molecule has 0 saturated carbocycles. The highest BCUT2D eigenvalue weighted by molar-refractivity contribution is 6.16. The minimum atomic E-state index is -0.262. The normalized spacial score (nSPS) is 13.5. The van der Waals surface area contributed by atoms with Crippen molar-refractivity contribution in [2.24, 2.45) is 0 Å². The van der Waals surface area contributed by atoms with Crippen molar-refractivity contribution < 1.29 is 0 Å². The minimum Gasteiger partial charge on any atom is -0.309 e. The lowest BCUT2D eigenvalue weighted by Crippen LogP contribution is -2.15. The van der Waals surface area contributed by atoms with Gasteiger partial charge in [0.05, 0.1) is 39.4 Å². The number of fused-ring (bicyclic) bond motifs is 14. The monoisotopic (exact) mass is 1050 g/mol. The van der Waals surface area contributed by atoms with E-state index in [1.165, 1.54) is 66.1 Å². The van der Waals surface area contributed by atoms with Gasteiger partial charge in [-0.2, -0.15) is 5.26 Å². The van der Waals surface area contributed by atoms with Crippen LogP contribution in [0.15, 0.2) is 243 Å². The summed E-state index contributed by atoms with van der Waals surface area (Å²) < 4.78 is 4.92. The predicted molar refractivity (Wildman–Crippen MR) is 336 cm³/mol. The lowest BCUT2D eigenvalue weighted by atomic mass is 9.80. The molecule has 0 amide bonds. The average molecular weight is 1050 g/mol. The second-order valence-corrected chi connectivity index (χ2v) is 23.0. The van der Waals surface area contributed by atoms with Crippen LogP contribution in [0.25, 0.3) is 134 Å². The third-order valence-electron chi connectivity index (χ3n) is 17.8. The number of aromatic nitrogens is 5. The van der Waals surface area contributed by atoms with Gasteiger partial charge in [0.2, 0.25) is 0 Å². The molecule has 11 aromatic carbocycles. The van der Waals surface area contributed by atoms with Crippen LogP contribution >= 0.6 is 0 Å². The second kappa shape index (κ2) is 17.8. The van der Waals surface area contributed by atoms with Crippen LogP contribution in [0.5, 0.6) is 0 Å². The standard InChI is InChI=1S/C76H52N6/c1-75(2)61-31-17-13-27-52(61)54-38-41-66-68(70(54)75)57-29-15-19-33-63(57)81(66)50-36-37-56(74-79-72(46-21-7-5-8-22-46)78-73(80-74)47-23-9-6-10-24-47)59(44-50)60-43-48(51-26-12-11-25-49(51)45-77)35-40-65(60)82-64-34-20-16-30-58(64)69-67(82)42-39-55-53-28-14-18-32-62(53)76(3,4)71(55)69/h5-44H,1-4H3. The molecule has 82 heavy (non-hydrogen) atoms. The first-order chi connectivity index (χ1) is 40.2. The van der Waals surface area contributed by atoms with Crippen LogP contribution in [0.1, 0.15) is 55.5 Å². The molecular weight excluding hydrogens is 997 g/mol. The van der Waals surface area contributed by atoms with Crippen molar-refractivity contribution in [3.05, 3.63) is 270 Å². The highest BCUT2D eigenvalue weighted by Crippen LogP contribution is 2.56. The van der Waals surface area contributed by atoms with Crippen LogP contribution in [0, 0.1) is 11.3 Å². The number of nitrogens with zero attached hydrogens (tertiary/aromatic N) is 6. The van der Waals surface area contributed by atoms with Crippen molar-refractivity contribution in [1.29, 1.82) is 5.26 Å². The van der Waals surface area contributed by atoms with Gasteiger partial charge in [0, 0.05) is 60.3 Å². The Kier molecular flexibility index (Phi) is 10.3. The molecule has 0 spiro atoms. The Balaban J connectivity index is 1.04. The maximum absolute atomic E-state index is 10.7. The van der Waals surface area contributed by atoms with Crippen molar-refractivity contribution in [1.82, 2.24) is 24.1 Å². The van der Waals surface area contributed by atoms with Crippen LogP contribution in [0.2, 0.25) is 0 Å². The molecule has 386 valence electrons. The summed E-state index contributed by atoms with van der Waals surface area (Å²) in [6.45, 7) is 9.50. The van der Waals surface area contributed by atoms with E-state index in [9.17, 15) is 5.26 Å². The number of nitriles is 1. The topological polar surface area (TPSA) is 72.3 Å². The van der Waals surface area contributed by atoms with Crippen LogP contribution in [-0.4, -0.2) is 24.1 Å². The zero-order valence-corrected chi connectivity index (χ0v) is 45.8. The Labute approximate surface area is 475 Å². The molecule has 0 bridgehead atoms. The Morgan fingerprint density at radius 2 is 0.817 bits per heavy atom. The van der Waals surface area contributed by atoms with E-state index in [0.717, 1.165) is 72.4 Å². The number of hydrogen-bond donors (Lipinski definition) is 0. The lowest BCUT2D eigenvalue weighted by molar-refractivity contribution is 0.666. The van der Waals surface area contributed by atoms with Gasteiger partial charge < -0.3 is 9.13 Å². The summed E-state index contributed by atoms with van der Waals surface area (Å²) in [5.74, 6) is 1.70. The number of benzene rings is 11. The zero-order valence-electron chi connectivity index (χ0n) is 45.8. The van der Waals surface area contributed by atoms with Gasteiger partial charge in [-0.1, -0.05) is 210 Å². The van der Waals surface area contributed by atoms with Gasteiger partial charge in [0.25, 0.3) is 0 Å². The third-order valence-corrected chi connectivity index (χ3v) is 17.8. The summed E-state index contributed by atoms with van der Waals surface area (Å²) in [5.41, 5.74) is 23.3. The molecule has 0 unspecified atom stereocenters. The summed E-state index contributed by atoms with van der Waals surface area (Å²) in [4.78, 5) is 16.1. The van der Waals surface area contributed by atoms with Crippen LogP contribution in [-0.2, 0) is 10.8 Å². The number of para-hydroxylation sites is 2. The minimum absolute atomic E-state index is 0.240. The molecule has 3 aromatic heterocycles. The van der Waals surface area contributed by atoms with Gasteiger partial charge in [-0.25, -0.2) is 15.0 Å². The fraction of sp³-hybridized carbons (Fsp3) is 0.0789. The third kappa shape index (κ3) is 6.84. The van der Waals surface area contributed by atoms with Gasteiger partial charge >= 0.3 is 0 Å². The summed E-state index contributed by atoms with van der Waals surface area (Å²) in [5, 5.41) is 15.6. The smallest absolute Gasteiger partial charge is 0.164 e. The molecule has 6 nitrogen and oxygen atoms in total. The summed E-state index contributed by atoms with van der Waals surface area (Å²) >= 11 is 0. The molecule has 3 heterocycles. The molecule has 0 fully saturated rings. The molecule has 6 heteroatoms. The van der Waals surface area contributed by atoms with E-state index in [-0.39, 0.29) is 10.8 Å². The molecule has 2 aliphatic rings. The van der Waals surface area contributed by atoms with Gasteiger partial charge in [-0.05, 0) is 122 Å². The van der Waals surface area contributed by atoms with E-state index in [0.29, 0.717) is 23.0 Å². The van der Waals surface area contributed by atoms with Crippen molar-refractivity contribution in [2.75, 3.05) is 0 Å². The van der Waals surface area contributed by atoms with Gasteiger partial charge in [0.15, 0.2) is 17.5 Å². The molecule has 0 aliphatic heterocycles. The van der Waals surface area contributed by atoms with Crippen molar-refractivity contribution in [3.63, 3.8) is 0 Å². The molecule has 0 N–H and O–H groups in total. The Hall–Kier alpha value is -10.5. The summed E-state index contributed by atoms with van der Waals surface area (Å²) in [6, 6.07) is 89.2. The molecule has 14 aromatic rings. The second-order valence-electron chi connectivity index (χ2n) is 23.0. The van der Waals surface area contributed by atoms with E-state index in [1.807, 2.05) is 54.6 Å². The van der Waals surface area contributed by atoms with Gasteiger partial charge in [-0.15, -0.1) is 0 Å². The Morgan fingerprint density at radius 1 is 0.341 bits per heavy atom. The molecule has 16 rings (SSSR count). The zero-order chi connectivity index (χ0) is 55.0. The van der Waals surface area contributed by atoms with E-state index in [2.05, 4.69) is 231 Å². The van der Waals surface area contributed by atoms with Crippen LogP contribution in [0.3, 0.4) is 0 Å². The van der Waals surface area contributed by atoms with Crippen molar-refractivity contribution in [3.8, 4) is 96.1 Å². The van der Waals surface area contributed by atoms with E-state index in [4.69, 9.17) is 15.0 Å². The van der Waals surface area contributed by atoms with Crippen LogP contribution in [0.4, 0.5) is 0 Å². The summed E-state index contributed by atoms with van der Waals surface area (Å²) in [7, 11) is 0. The molecular formula is C76H52N6. The first-order valence-corrected chi connectivity index (χ1v) is 28.2. The number of rotatable bonds is 7. The fourth-order valence-electron chi connectivity index (χ4n) is 14.2. The highest BCUT2D eigenvalue weighted by atomic mass is 15.0. The first-order valence-electron chi connectivity index (χ1n) is 28.2. The molecule has 0 atom stereocenters. The maximum Gasteiger partial charge on any atom is 0.164 e. The molecule has 2 aliphatic carbocycles. The average Bonchev–Trinajstić information content (AvgIpc) is 2.04. The fourth-order valence-corrected chi connectivity index (χ4v) is 14.2. The maximum atomic E-state index is 10.7. The SMILES string of the molecule is CC1(C)c2ccccc2-c2ccc3c(c21)c1ccccc1n3-c1ccc(-c2nc(-c3ccccc3)nc(-c3ccccc3)n2)c(-c2cc(-c3ccccc3C#N)ccc2-n2c3ccccc3c3c4c(ccc32)-c2ccccc2C4(C)C)c1. The Morgan fingerprint density at radius 3 is 1.40 bits per heavy atom. The van der Waals surface area contributed by atoms with Crippen molar-refractivity contribution in [2.45, 2.75) is 38.5 Å². The molecule has 0 saturated heterocycles. The van der Waals surface area contributed by atoms with E-state index < -0.39 is 0 Å². The number of hydrogen-bond acceptors (Lipinski definition) is 4.